The Morgan fingerprint density at radius 1 is 1.35 bits per heavy atom. The van der Waals surface area contributed by atoms with Gasteiger partial charge in [-0.05, 0) is 25.1 Å². The van der Waals surface area contributed by atoms with Gasteiger partial charge in [0.2, 0.25) is 0 Å². The number of nitrogens with one attached hydrogen (secondary N) is 1. The molecule has 0 saturated heterocycles. The number of benzene rings is 1. The molecule has 90 valence electrons. The van der Waals surface area contributed by atoms with E-state index in [0.29, 0.717) is 10.0 Å². The zero-order valence-electron chi connectivity index (χ0n) is 9.61. The number of nitrogens with zero attached hydrogens (tertiary/aromatic N) is 2. The van der Waals surface area contributed by atoms with E-state index in [-0.39, 0.29) is 6.04 Å². The number of aromatic nitrogens is 2. The van der Waals surface area contributed by atoms with Crippen LogP contribution in [0.5, 0.6) is 0 Å². The maximum Gasteiger partial charge on any atom is 0.0652 e. The zero-order chi connectivity index (χ0) is 12.4. The average molecular weight is 270 g/mol. The molecule has 5 heteroatoms. The highest BCUT2D eigenvalue weighted by Gasteiger charge is 2.09. The molecule has 1 atom stereocenters. The van der Waals surface area contributed by atoms with E-state index in [9.17, 15) is 0 Å². The minimum absolute atomic E-state index is 0.141. The van der Waals surface area contributed by atoms with Crippen LogP contribution in [0.25, 0.3) is 0 Å². The van der Waals surface area contributed by atoms with Crippen molar-refractivity contribution in [1.82, 2.24) is 9.78 Å². The summed E-state index contributed by atoms with van der Waals surface area (Å²) in [7, 11) is 1.89. The third kappa shape index (κ3) is 2.93. The number of rotatable bonds is 3. The molecule has 0 amide bonds. The van der Waals surface area contributed by atoms with Gasteiger partial charge in [0.25, 0.3) is 0 Å². The van der Waals surface area contributed by atoms with Crippen LogP contribution >= 0.6 is 23.2 Å². The molecule has 0 radical (unpaired) electrons. The van der Waals surface area contributed by atoms with Gasteiger partial charge in [0.05, 0.1) is 22.9 Å². The summed E-state index contributed by atoms with van der Waals surface area (Å²) in [5.41, 5.74) is 1.98. The highest BCUT2D eigenvalue weighted by Crippen LogP contribution is 2.28. The van der Waals surface area contributed by atoms with Crippen LogP contribution in [-0.4, -0.2) is 9.78 Å². The molecule has 2 rings (SSSR count). The summed E-state index contributed by atoms with van der Waals surface area (Å²) in [6.07, 6.45) is 3.81. The van der Waals surface area contributed by atoms with Crippen LogP contribution in [0.2, 0.25) is 10.0 Å². The first-order chi connectivity index (χ1) is 8.06. The fraction of sp³-hybridized carbons (Fsp3) is 0.250. The number of anilines is 1. The lowest BCUT2D eigenvalue weighted by Gasteiger charge is -2.14. The van der Waals surface area contributed by atoms with Crippen LogP contribution in [-0.2, 0) is 7.05 Å². The van der Waals surface area contributed by atoms with Crippen LogP contribution in [0.1, 0.15) is 18.5 Å². The Hall–Kier alpha value is -1.19. The maximum absolute atomic E-state index is 6.10. The largest absolute Gasteiger partial charge is 0.377 e. The van der Waals surface area contributed by atoms with E-state index >= 15 is 0 Å². The van der Waals surface area contributed by atoms with Crippen LogP contribution in [0.4, 0.5) is 5.69 Å². The Labute approximate surface area is 110 Å². The lowest BCUT2D eigenvalue weighted by molar-refractivity contribution is 0.765. The molecule has 0 aliphatic rings. The van der Waals surface area contributed by atoms with Gasteiger partial charge in [0.15, 0.2) is 0 Å². The number of halogens is 2. The van der Waals surface area contributed by atoms with Crippen molar-refractivity contribution in [3.05, 3.63) is 46.2 Å². The number of hydrogen-bond acceptors (Lipinski definition) is 2. The van der Waals surface area contributed by atoms with Crippen molar-refractivity contribution in [2.24, 2.45) is 7.05 Å². The van der Waals surface area contributed by atoms with Crippen LogP contribution in [0.15, 0.2) is 30.6 Å². The van der Waals surface area contributed by atoms with Gasteiger partial charge in [-0.1, -0.05) is 23.2 Å². The number of hydrogen-bond donors (Lipinski definition) is 1. The first-order valence-electron chi connectivity index (χ1n) is 5.26. The van der Waals surface area contributed by atoms with E-state index in [1.165, 1.54) is 0 Å². The van der Waals surface area contributed by atoms with E-state index in [0.717, 1.165) is 11.3 Å². The Morgan fingerprint density at radius 2 is 2.12 bits per heavy atom. The fourth-order valence-corrected chi connectivity index (χ4v) is 2.05. The minimum Gasteiger partial charge on any atom is -0.377 e. The van der Waals surface area contributed by atoms with Crippen molar-refractivity contribution >= 4 is 28.9 Å². The lowest BCUT2D eigenvalue weighted by Crippen LogP contribution is -2.06. The molecule has 0 aliphatic heterocycles. The van der Waals surface area contributed by atoms with Crippen molar-refractivity contribution < 1.29 is 0 Å². The summed E-state index contributed by atoms with van der Waals surface area (Å²) in [5, 5.41) is 8.71. The SMILES string of the molecule is CC(Nc1ccc(Cl)cc1Cl)c1cnn(C)c1. The molecule has 1 unspecified atom stereocenters. The van der Waals surface area contributed by atoms with Crippen molar-refractivity contribution in [2.75, 3.05) is 5.32 Å². The van der Waals surface area contributed by atoms with Gasteiger partial charge in [-0.2, -0.15) is 5.10 Å². The highest BCUT2D eigenvalue weighted by atomic mass is 35.5. The molecule has 2 aromatic rings. The smallest absolute Gasteiger partial charge is 0.0652 e. The highest BCUT2D eigenvalue weighted by molar-refractivity contribution is 6.36. The monoisotopic (exact) mass is 269 g/mol. The summed E-state index contributed by atoms with van der Waals surface area (Å²) in [6.45, 7) is 2.06. The Balaban J connectivity index is 2.15. The predicted molar refractivity (Wildman–Crippen MR) is 71.7 cm³/mol. The fourth-order valence-electron chi connectivity index (χ4n) is 1.59. The first kappa shape index (κ1) is 12.3. The lowest BCUT2D eigenvalue weighted by atomic mass is 10.2. The van der Waals surface area contributed by atoms with Gasteiger partial charge in [0, 0.05) is 23.8 Å². The van der Waals surface area contributed by atoms with Crippen LogP contribution in [0.3, 0.4) is 0 Å². The molecule has 1 heterocycles. The molecule has 0 saturated carbocycles. The second-order valence-electron chi connectivity index (χ2n) is 3.94. The summed E-state index contributed by atoms with van der Waals surface area (Å²) in [5.74, 6) is 0. The van der Waals surface area contributed by atoms with E-state index in [4.69, 9.17) is 23.2 Å². The van der Waals surface area contributed by atoms with Gasteiger partial charge >= 0.3 is 0 Å². The van der Waals surface area contributed by atoms with Gasteiger partial charge < -0.3 is 5.32 Å². The third-order valence-electron chi connectivity index (χ3n) is 2.53. The van der Waals surface area contributed by atoms with Gasteiger partial charge in [-0.25, -0.2) is 0 Å². The predicted octanol–water partition coefficient (Wildman–Crippen LogP) is 3.90. The third-order valence-corrected chi connectivity index (χ3v) is 3.08. The quantitative estimate of drug-likeness (QED) is 0.916. The molecule has 0 fully saturated rings. The second kappa shape index (κ2) is 4.98. The molecule has 17 heavy (non-hydrogen) atoms. The van der Waals surface area contributed by atoms with E-state index in [1.807, 2.05) is 31.6 Å². The molecule has 1 aromatic heterocycles. The Kier molecular flexibility index (Phi) is 3.60. The summed E-state index contributed by atoms with van der Waals surface area (Å²) in [6, 6.07) is 5.55. The van der Waals surface area contributed by atoms with E-state index < -0.39 is 0 Å². The topological polar surface area (TPSA) is 29.9 Å². The number of aryl methyl sites for hydroxylation is 1. The Morgan fingerprint density at radius 3 is 2.71 bits per heavy atom. The zero-order valence-corrected chi connectivity index (χ0v) is 11.1. The Bertz CT molecular complexity index is 522. The minimum atomic E-state index is 0.141. The van der Waals surface area contributed by atoms with Crippen molar-refractivity contribution in [2.45, 2.75) is 13.0 Å². The molecular weight excluding hydrogens is 257 g/mol. The molecule has 0 spiro atoms. The average Bonchev–Trinajstić information content (AvgIpc) is 2.69. The molecule has 0 aliphatic carbocycles. The molecule has 3 nitrogen and oxygen atoms in total. The standard InChI is InChI=1S/C12H13Cl2N3/c1-8(9-6-15-17(2)7-9)16-12-4-3-10(13)5-11(12)14/h3-8,16H,1-2H3. The summed E-state index contributed by atoms with van der Waals surface area (Å²) >= 11 is 11.9. The maximum atomic E-state index is 6.10. The first-order valence-corrected chi connectivity index (χ1v) is 6.02. The van der Waals surface area contributed by atoms with Crippen LogP contribution in [0, 0.1) is 0 Å². The van der Waals surface area contributed by atoms with Crippen LogP contribution < -0.4 is 5.32 Å². The summed E-state index contributed by atoms with van der Waals surface area (Å²) in [4.78, 5) is 0. The van der Waals surface area contributed by atoms with Gasteiger partial charge in [-0.3, -0.25) is 4.68 Å². The van der Waals surface area contributed by atoms with Gasteiger partial charge in [0.1, 0.15) is 0 Å². The summed E-state index contributed by atoms with van der Waals surface area (Å²) < 4.78 is 1.77. The van der Waals surface area contributed by atoms with Gasteiger partial charge in [-0.15, -0.1) is 0 Å². The molecule has 0 bridgehead atoms. The van der Waals surface area contributed by atoms with Crippen molar-refractivity contribution in [3.63, 3.8) is 0 Å². The normalized spacial score (nSPS) is 12.5. The molecular formula is C12H13Cl2N3. The van der Waals surface area contributed by atoms with Crippen molar-refractivity contribution in [3.8, 4) is 0 Å². The van der Waals surface area contributed by atoms with Crippen molar-refractivity contribution in [1.29, 1.82) is 0 Å². The van der Waals surface area contributed by atoms with E-state index in [2.05, 4.69) is 17.3 Å². The van der Waals surface area contributed by atoms with E-state index in [1.54, 1.807) is 10.7 Å². The second-order valence-corrected chi connectivity index (χ2v) is 4.78. The molecule has 1 aromatic carbocycles. The molecule has 1 N–H and O–H groups in total.